The van der Waals surface area contributed by atoms with Crippen LogP contribution in [0.25, 0.3) is 127 Å². The Morgan fingerprint density at radius 3 is 1.89 bits per heavy atom. The minimum absolute atomic E-state index is 0.519. The van der Waals surface area contributed by atoms with Gasteiger partial charge in [0.05, 0.1) is 22.1 Å². The highest BCUT2D eigenvalue weighted by Crippen LogP contribution is 2.45. The summed E-state index contributed by atoms with van der Waals surface area (Å²) < 4.78 is 21.7. The first-order valence-corrected chi connectivity index (χ1v) is 18.7. The topological polar surface area (TPSA) is 70.1 Å². The van der Waals surface area contributed by atoms with Crippen molar-refractivity contribution in [1.29, 1.82) is 0 Å². The molecule has 6 nitrogen and oxygen atoms in total. The Balaban J connectivity index is 1.15. The highest BCUT2D eigenvalue weighted by atomic mass is 16.3. The molecule has 6 heteroatoms. The molecule has 0 amide bonds. The van der Waals surface area contributed by atoms with Crippen molar-refractivity contribution in [3.05, 3.63) is 164 Å². The van der Waals surface area contributed by atoms with Crippen LogP contribution in [-0.2, 0) is 0 Å². The molecule has 0 aliphatic carbocycles. The van der Waals surface area contributed by atoms with Crippen molar-refractivity contribution in [2.45, 2.75) is 0 Å². The van der Waals surface area contributed by atoms with Crippen molar-refractivity contribution in [3.8, 4) is 28.3 Å². The maximum Gasteiger partial charge on any atom is 0.238 e. The molecule has 8 aromatic carbocycles. The summed E-state index contributed by atoms with van der Waals surface area (Å²) in [5, 5.41) is 10.7. The fourth-order valence-corrected chi connectivity index (χ4v) is 9.02. The molecule has 0 spiro atoms. The summed E-state index contributed by atoms with van der Waals surface area (Å²) in [6.45, 7) is 0. The maximum absolute atomic E-state index is 6.62. The fourth-order valence-electron chi connectivity index (χ4n) is 9.02. The SMILES string of the molecule is c1ccc2c(c1)ccc1c2c2c(-c3cccc4c3oc3ccccc34)cccc2n1-c1nc(-c2ccc3c(c2)oc2ccccc23)c2c(n1)oc1ccccc12. The largest absolute Gasteiger partial charge is 0.456 e. The summed E-state index contributed by atoms with van der Waals surface area (Å²) in [5.74, 6) is 0.519. The zero-order chi connectivity index (χ0) is 36.5. The van der Waals surface area contributed by atoms with Crippen LogP contribution in [-0.4, -0.2) is 14.5 Å². The lowest BCUT2D eigenvalue weighted by molar-refractivity contribution is 0.651. The minimum Gasteiger partial charge on any atom is -0.456 e. The average Bonchev–Trinajstić information content (AvgIpc) is 4.01. The molecule has 56 heavy (non-hydrogen) atoms. The van der Waals surface area contributed by atoms with E-state index < -0.39 is 0 Å². The molecule has 0 fully saturated rings. The molecule has 0 aliphatic rings. The summed E-state index contributed by atoms with van der Waals surface area (Å²) in [6.07, 6.45) is 0. The Kier molecular flexibility index (Phi) is 5.80. The summed E-state index contributed by atoms with van der Waals surface area (Å²) in [4.78, 5) is 10.7. The normalized spacial score (nSPS) is 12.3. The third kappa shape index (κ3) is 3.99. The zero-order valence-corrected chi connectivity index (χ0v) is 29.7. The van der Waals surface area contributed by atoms with Gasteiger partial charge in [0.2, 0.25) is 11.7 Å². The van der Waals surface area contributed by atoms with Gasteiger partial charge in [-0.15, -0.1) is 0 Å². The standard InChI is InChI=1S/C50H27N3O3/c1-2-12-30-28(11-1)24-26-39-44(30)45-34(36-18-9-17-35-32-14-4-7-21-41(32)55-48(35)36)16-10-19-38(45)53(39)50-51-47(46-37-15-5-8-22-42(37)56-49(46)52-50)29-23-25-33-31-13-3-6-20-40(31)54-43(33)27-29/h1-27H. The Hall–Kier alpha value is -7.70. The minimum atomic E-state index is 0.519. The molecule has 0 unspecified atom stereocenters. The number of para-hydroxylation sites is 4. The van der Waals surface area contributed by atoms with E-state index in [1.54, 1.807) is 0 Å². The molecule has 13 rings (SSSR count). The second-order valence-electron chi connectivity index (χ2n) is 14.5. The highest BCUT2D eigenvalue weighted by Gasteiger charge is 2.25. The molecule has 0 bridgehead atoms. The van der Waals surface area contributed by atoms with Crippen LogP contribution >= 0.6 is 0 Å². The third-order valence-corrected chi connectivity index (χ3v) is 11.5. The first-order valence-electron chi connectivity index (χ1n) is 18.7. The van der Waals surface area contributed by atoms with E-state index in [4.69, 9.17) is 23.2 Å². The molecular formula is C50H27N3O3. The number of nitrogens with zero attached hydrogens (tertiary/aromatic N) is 3. The molecule has 0 saturated carbocycles. The predicted octanol–water partition coefficient (Wildman–Crippen LogP) is 13.8. The van der Waals surface area contributed by atoms with Gasteiger partial charge in [-0.05, 0) is 58.8 Å². The lowest BCUT2D eigenvalue weighted by Gasteiger charge is -2.10. The number of fused-ring (bicyclic) bond motifs is 14. The van der Waals surface area contributed by atoms with Gasteiger partial charge in [-0.25, -0.2) is 4.98 Å². The average molecular weight is 718 g/mol. The van der Waals surface area contributed by atoms with E-state index in [-0.39, 0.29) is 0 Å². The van der Waals surface area contributed by atoms with Crippen LogP contribution in [0, 0.1) is 0 Å². The molecule has 0 radical (unpaired) electrons. The molecule has 0 N–H and O–H groups in total. The highest BCUT2D eigenvalue weighted by molar-refractivity contribution is 6.26. The first kappa shape index (κ1) is 29.7. The molecule has 5 aromatic heterocycles. The van der Waals surface area contributed by atoms with E-state index in [1.165, 1.54) is 0 Å². The Bertz CT molecular complexity index is 3790. The van der Waals surface area contributed by atoms with Gasteiger partial charge in [0, 0.05) is 48.8 Å². The number of hydrogen-bond donors (Lipinski definition) is 0. The summed E-state index contributed by atoms with van der Waals surface area (Å²) in [5.41, 5.74) is 10.5. The van der Waals surface area contributed by atoms with Crippen molar-refractivity contribution < 1.29 is 13.3 Å². The lowest BCUT2D eigenvalue weighted by atomic mass is 9.95. The van der Waals surface area contributed by atoms with Gasteiger partial charge in [0.1, 0.15) is 27.9 Å². The van der Waals surface area contributed by atoms with Gasteiger partial charge in [-0.2, -0.15) is 4.98 Å². The summed E-state index contributed by atoms with van der Waals surface area (Å²) in [6, 6.07) is 56.7. The zero-order valence-electron chi connectivity index (χ0n) is 29.7. The second-order valence-corrected chi connectivity index (χ2v) is 14.5. The van der Waals surface area contributed by atoms with Crippen molar-refractivity contribution in [2.75, 3.05) is 0 Å². The van der Waals surface area contributed by atoms with E-state index in [0.29, 0.717) is 11.7 Å². The monoisotopic (exact) mass is 717 g/mol. The lowest BCUT2D eigenvalue weighted by Crippen LogP contribution is -2.03. The fraction of sp³-hybridized carbons (Fsp3) is 0. The molecule has 0 saturated heterocycles. The van der Waals surface area contributed by atoms with E-state index in [2.05, 4.69) is 120 Å². The Morgan fingerprint density at radius 2 is 1.04 bits per heavy atom. The molecule has 0 atom stereocenters. The summed E-state index contributed by atoms with van der Waals surface area (Å²) >= 11 is 0. The number of furan rings is 3. The Labute approximate surface area is 317 Å². The van der Waals surface area contributed by atoms with Crippen molar-refractivity contribution in [3.63, 3.8) is 0 Å². The van der Waals surface area contributed by atoms with E-state index in [9.17, 15) is 0 Å². The Morgan fingerprint density at radius 1 is 0.393 bits per heavy atom. The molecule has 13 aromatic rings. The van der Waals surface area contributed by atoms with Crippen molar-refractivity contribution >= 4 is 98.5 Å². The van der Waals surface area contributed by atoms with Crippen LogP contribution in [0.4, 0.5) is 0 Å². The van der Waals surface area contributed by atoms with Crippen LogP contribution in [0.5, 0.6) is 0 Å². The van der Waals surface area contributed by atoms with Crippen LogP contribution < -0.4 is 0 Å². The van der Waals surface area contributed by atoms with Gasteiger partial charge in [-0.1, -0.05) is 121 Å². The van der Waals surface area contributed by atoms with Crippen molar-refractivity contribution in [2.24, 2.45) is 0 Å². The second kappa shape index (κ2) is 10.9. The molecule has 0 aliphatic heterocycles. The van der Waals surface area contributed by atoms with E-state index >= 15 is 0 Å². The van der Waals surface area contributed by atoms with Gasteiger partial charge < -0.3 is 13.3 Å². The van der Waals surface area contributed by atoms with Crippen molar-refractivity contribution in [1.82, 2.24) is 14.5 Å². The number of rotatable bonds is 3. The van der Waals surface area contributed by atoms with E-state index in [1.807, 2.05) is 48.5 Å². The third-order valence-electron chi connectivity index (χ3n) is 11.5. The van der Waals surface area contributed by atoms with Crippen LogP contribution in [0.15, 0.2) is 177 Å². The van der Waals surface area contributed by atoms with Crippen LogP contribution in [0.1, 0.15) is 0 Å². The van der Waals surface area contributed by atoms with Gasteiger partial charge in [0.15, 0.2) is 0 Å². The van der Waals surface area contributed by atoms with Gasteiger partial charge >= 0.3 is 0 Å². The van der Waals surface area contributed by atoms with Crippen LogP contribution in [0.3, 0.4) is 0 Å². The molecular weight excluding hydrogens is 691 g/mol. The van der Waals surface area contributed by atoms with Gasteiger partial charge in [-0.3, -0.25) is 4.57 Å². The number of benzene rings is 8. The maximum atomic E-state index is 6.62. The first-order chi connectivity index (χ1) is 27.8. The number of hydrogen-bond acceptors (Lipinski definition) is 5. The number of aromatic nitrogens is 3. The predicted molar refractivity (Wildman–Crippen MR) is 227 cm³/mol. The molecule has 260 valence electrons. The van der Waals surface area contributed by atoms with Crippen LogP contribution in [0.2, 0.25) is 0 Å². The quantitative estimate of drug-likeness (QED) is 0.182. The van der Waals surface area contributed by atoms with Gasteiger partial charge in [0.25, 0.3) is 0 Å². The molecule has 5 heterocycles. The summed E-state index contributed by atoms with van der Waals surface area (Å²) in [7, 11) is 0. The van der Waals surface area contributed by atoms with E-state index in [0.717, 1.165) is 115 Å². The smallest absolute Gasteiger partial charge is 0.238 e.